The van der Waals surface area contributed by atoms with Crippen molar-refractivity contribution >= 4 is 32.2 Å². The zero-order valence-corrected chi connectivity index (χ0v) is 19.0. The van der Waals surface area contributed by atoms with Gasteiger partial charge in [-0.1, -0.05) is 6.07 Å². The Kier molecular flexibility index (Phi) is 6.33. The largest absolute Gasteiger partial charge is 0.392 e. The summed E-state index contributed by atoms with van der Waals surface area (Å²) in [6.45, 7) is 5.70. The Balaban J connectivity index is 2.21. The number of rotatable bonds is 7. The van der Waals surface area contributed by atoms with Crippen molar-refractivity contribution in [1.29, 1.82) is 0 Å². The fourth-order valence-corrected chi connectivity index (χ4v) is 4.02. The van der Waals surface area contributed by atoms with E-state index < -0.39 is 15.9 Å². The van der Waals surface area contributed by atoms with Gasteiger partial charge in [0.15, 0.2) is 9.84 Å². The fraction of sp³-hybridized carbons (Fsp3) is 0.381. The molecule has 1 aromatic carbocycles. The summed E-state index contributed by atoms with van der Waals surface area (Å²) >= 11 is 0. The molecule has 0 aliphatic rings. The molecule has 2 heterocycles. The first-order chi connectivity index (χ1) is 14.5. The second kappa shape index (κ2) is 8.64. The number of hydrogen-bond donors (Lipinski definition) is 3. The van der Waals surface area contributed by atoms with Gasteiger partial charge in [-0.15, -0.1) is 0 Å². The summed E-state index contributed by atoms with van der Waals surface area (Å²) in [7, 11) is -1.93. The van der Waals surface area contributed by atoms with Crippen LogP contribution in [0.1, 0.15) is 20.8 Å². The van der Waals surface area contributed by atoms with Crippen molar-refractivity contribution < 1.29 is 13.5 Å². The van der Waals surface area contributed by atoms with Crippen molar-refractivity contribution in [3.63, 3.8) is 0 Å². The molecule has 0 bridgehead atoms. The third-order valence-electron chi connectivity index (χ3n) is 4.59. The predicted octanol–water partition coefficient (Wildman–Crippen LogP) is 2.01. The molecule has 3 rings (SSSR count). The molecular formula is C21H27N5O4S. The minimum atomic E-state index is -3.55. The average Bonchev–Trinajstić information content (AvgIpc) is 2.67. The van der Waals surface area contributed by atoms with Gasteiger partial charge in [-0.25, -0.2) is 18.4 Å². The third-order valence-corrected chi connectivity index (χ3v) is 5.73. The lowest BCUT2D eigenvalue weighted by molar-refractivity contribution is 0.208. The molecule has 0 aliphatic carbocycles. The Morgan fingerprint density at radius 3 is 2.52 bits per heavy atom. The van der Waals surface area contributed by atoms with Gasteiger partial charge in [0.25, 0.3) is 5.56 Å². The first-order valence-corrected chi connectivity index (χ1v) is 11.8. The molecule has 2 aromatic heterocycles. The summed E-state index contributed by atoms with van der Waals surface area (Å²) in [4.78, 5) is 21.7. The molecule has 10 heteroatoms. The van der Waals surface area contributed by atoms with E-state index in [9.17, 15) is 18.3 Å². The van der Waals surface area contributed by atoms with Crippen LogP contribution in [-0.4, -0.2) is 53.0 Å². The van der Waals surface area contributed by atoms with E-state index in [2.05, 4.69) is 20.6 Å². The highest BCUT2D eigenvalue weighted by Crippen LogP contribution is 2.30. The van der Waals surface area contributed by atoms with Gasteiger partial charge < -0.3 is 20.3 Å². The fourth-order valence-electron chi connectivity index (χ4n) is 3.14. The molecule has 0 radical (unpaired) electrons. The van der Waals surface area contributed by atoms with Crippen molar-refractivity contribution in [3.8, 4) is 11.3 Å². The quantitative estimate of drug-likeness (QED) is 0.504. The van der Waals surface area contributed by atoms with Crippen LogP contribution in [0.2, 0.25) is 0 Å². The van der Waals surface area contributed by atoms with Crippen LogP contribution >= 0.6 is 0 Å². The number of pyridine rings is 1. The minimum absolute atomic E-state index is 0.0227. The molecule has 9 nitrogen and oxygen atoms in total. The maximum absolute atomic E-state index is 12.7. The number of aryl methyl sites for hydroxylation is 1. The maximum atomic E-state index is 12.7. The Labute approximate surface area is 181 Å². The Bertz CT molecular complexity index is 1280. The number of fused-ring (bicyclic) bond motifs is 1. The number of sulfone groups is 1. The van der Waals surface area contributed by atoms with Gasteiger partial charge in [0.2, 0.25) is 0 Å². The molecule has 166 valence electrons. The minimum Gasteiger partial charge on any atom is -0.392 e. The van der Waals surface area contributed by atoms with Crippen LogP contribution in [-0.2, 0) is 16.9 Å². The first kappa shape index (κ1) is 22.7. The maximum Gasteiger partial charge on any atom is 0.264 e. The van der Waals surface area contributed by atoms with E-state index in [0.29, 0.717) is 33.7 Å². The molecule has 0 spiro atoms. The Morgan fingerprint density at radius 1 is 1.19 bits per heavy atom. The third kappa shape index (κ3) is 5.02. The second-order valence-corrected chi connectivity index (χ2v) is 9.91. The highest BCUT2D eigenvalue weighted by atomic mass is 32.2. The van der Waals surface area contributed by atoms with E-state index in [1.807, 2.05) is 13.8 Å². The zero-order chi connectivity index (χ0) is 22.9. The lowest BCUT2D eigenvalue weighted by Crippen LogP contribution is -2.21. The average molecular weight is 446 g/mol. The van der Waals surface area contributed by atoms with E-state index >= 15 is 0 Å². The van der Waals surface area contributed by atoms with Crippen LogP contribution in [0, 0.1) is 0 Å². The number of nitrogens with zero attached hydrogens (tertiary/aromatic N) is 3. The number of nitrogens with one attached hydrogen (secondary N) is 2. The molecule has 3 N–H and O–H groups in total. The molecule has 0 aliphatic heterocycles. The van der Waals surface area contributed by atoms with E-state index in [1.54, 1.807) is 32.2 Å². The summed E-state index contributed by atoms with van der Waals surface area (Å²) in [6.07, 6.45) is 1.94. The van der Waals surface area contributed by atoms with E-state index in [-0.39, 0.29) is 23.0 Å². The summed E-state index contributed by atoms with van der Waals surface area (Å²) in [5.74, 6) is 0.397. The first-order valence-electron chi connectivity index (χ1n) is 9.86. The topological polar surface area (TPSA) is 126 Å². The summed E-state index contributed by atoms with van der Waals surface area (Å²) in [6, 6.07) is 6.62. The van der Waals surface area contributed by atoms with E-state index in [0.717, 1.165) is 6.26 Å². The Hall–Kier alpha value is -2.98. The van der Waals surface area contributed by atoms with Crippen LogP contribution in [0.4, 0.5) is 11.5 Å². The molecule has 0 saturated carbocycles. The number of aliphatic hydroxyl groups excluding tert-OH is 1. The number of anilines is 2. The summed E-state index contributed by atoms with van der Waals surface area (Å²) < 4.78 is 26.2. The van der Waals surface area contributed by atoms with Crippen molar-refractivity contribution in [2.24, 2.45) is 7.05 Å². The van der Waals surface area contributed by atoms with Gasteiger partial charge in [-0.05, 0) is 39.0 Å². The normalized spacial score (nSPS) is 12.9. The van der Waals surface area contributed by atoms with E-state index in [1.165, 1.54) is 17.0 Å². The second-order valence-electron chi connectivity index (χ2n) is 7.92. The van der Waals surface area contributed by atoms with Crippen molar-refractivity contribution in [2.75, 3.05) is 23.4 Å². The molecular weight excluding hydrogens is 418 g/mol. The van der Waals surface area contributed by atoms with Gasteiger partial charge in [-0.2, -0.15) is 0 Å². The van der Waals surface area contributed by atoms with Gasteiger partial charge >= 0.3 is 0 Å². The SMILES string of the molecule is CC(C)Nc1nc(-c2ccc(NC[C@H](C)O)c(S(C)(=O)=O)c2)cc2ncn(C)c(=O)c12. The van der Waals surface area contributed by atoms with E-state index in [4.69, 9.17) is 0 Å². The number of benzene rings is 1. The molecule has 0 fully saturated rings. The standard InChI is InChI=1S/C21H27N5O4S/c1-12(2)24-20-19-17(23-11-26(4)21(19)28)9-16(25-20)14-6-7-15(22-10-13(3)27)18(8-14)31(5,29)30/h6-9,11-13,22,27H,10H2,1-5H3,(H,24,25)/t13-/m0/s1. The molecule has 0 unspecified atom stereocenters. The van der Waals surface area contributed by atoms with Crippen molar-refractivity contribution in [1.82, 2.24) is 14.5 Å². The Morgan fingerprint density at radius 2 is 1.90 bits per heavy atom. The van der Waals surface area contributed by atoms with Gasteiger partial charge in [-0.3, -0.25) is 4.79 Å². The van der Waals surface area contributed by atoms with Crippen LogP contribution in [0.15, 0.2) is 40.3 Å². The number of aromatic nitrogens is 3. The predicted molar refractivity (Wildman–Crippen MR) is 122 cm³/mol. The summed E-state index contributed by atoms with van der Waals surface area (Å²) in [5, 5.41) is 16.1. The molecule has 1 atom stereocenters. The number of hydrogen-bond acceptors (Lipinski definition) is 8. The molecule has 3 aromatic rings. The van der Waals surface area contributed by atoms with Crippen LogP contribution in [0.25, 0.3) is 22.2 Å². The number of aliphatic hydroxyl groups is 1. The lowest BCUT2D eigenvalue weighted by Gasteiger charge is -2.16. The van der Waals surface area contributed by atoms with Crippen molar-refractivity contribution in [3.05, 3.63) is 40.9 Å². The highest BCUT2D eigenvalue weighted by molar-refractivity contribution is 7.90. The van der Waals surface area contributed by atoms with Crippen LogP contribution in [0.5, 0.6) is 0 Å². The van der Waals surface area contributed by atoms with Crippen LogP contribution < -0.4 is 16.2 Å². The van der Waals surface area contributed by atoms with Crippen molar-refractivity contribution in [2.45, 2.75) is 37.8 Å². The van der Waals surface area contributed by atoms with Crippen LogP contribution in [0.3, 0.4) is 0 Å². The highest BCUT2D eigenvalue weighted by Gasteiger charge is 2.18. The zero-order valence-electron chi connectivity index (χ0n) is 18.2. The molecule has 31 heavy (non-hydrogen) atoms. The molecule has 0 saturated heterocycles. The van der Waals surface area contributed by atoms with Gasteiger partial charge in [0, 0.05) is 31.5 Å². The van der Waals surface area contributed by atoms with Gasteiger partial charge in [0.05, 0.1) is 34.2 Å². The smallest absolute Gasteiger partial charge is 0.264 e. The lowest BCUT2D eigenvalue weighted by atomic mass is 10.1. The molecule has 0 amide bonds. The summed E-state index contributed by atoms with van der Waals surface area (Å²) in [5.41, 5.74) is 1.71. The monoisotopic (exact) mass is 445 g/mol. The van der Waals surface area contributed by atoms with Gasteiger partial charge in [0.1, 0.15) is 11.2 Å².